The third kappa shape index (κ3) is 4.30. The molecule has 1 saturated heterocycles. The molecule has 2 amide bonds. The minimum atomic E-state index is -0.141. The van der Waals surface area contributed by atoms with E-state index >= 15 is 0 Å². The zero-order valence-electron chi connectivity index (χ0n) is 15.8. The van der Waals surface area contributed by atoms with Crippen LogP contribution >= 0.6 is 11.6 Å². The molecule has 1 aromatic heterocycles. The van der Waals surface area contributed by atoms with Gasteiger partial charge in [-0.25, -0.2) is 0 Å². The van der Waals surface area contributed by atoms with Crippen LogP contribution < -0.4 is 9.80 Å². The number of carbonyl (C=O) groups excluding carboxylic acids is 2. The van der Waals surface area contributed by atoms with Gasteiger partial charge in [0.2, 0.25) is 5.91 Å². The van der Waals surface area contributed by atoms with Gasteiger partial charge in [0.15, 0.2) is 0 Å². The van der Waals surface area contributed by atoms with E-state index in [1.165, 1.54) is 0 Å². The smallest absolute Gasteiger partial charge is 0.258 e. The van der Waals surface area contributed by atoms with Gasteiger partial charge in [0.25, 0.3) is 5.91 Å². The lowest BCUT2D eigenvalue weighted by molar-refractivity contribution is -0.117. The summed E-state index contributed by atoms with van der Waals surface area (Å²) in [5.41, 5.74) is 2.90. The first-order valence-electron chi connectivity index (χ1n) is 9.49. The van der Waals surface area contributed by atoms with Crippen LogP contribution in [0.3, 0.4) is 0 Å². The zero-order valence-corrected chi connectivity index (χ0v) is 16.5. The van der Waals surface area contributed by atoms with Crippen molar-refractivity contribution in [2.75, 3.05) is 16.3 Å². The Morgan fingerprint density at radius 3 is 2.41 bits per heavy atom. The number of rotatable bonds is 5. The van der Waals surface area contributed by atoms with E-state index in [2.05, 4.69) is 4.98 Å². The summed E-state index contributed by atoms with van der Waals surface area (Å²) in [7, 11) is 0. The van der Waals surface area contributed by atoms with E-state index in [1.54, 1.807) is 40.3 Å². The minimum absolute atomic E-state index is 0.127. The highest BCUT2D eigenvalue weighted by molar-refractivity contribution is 6.30. The second-order valence-electron chi connectivity index (χ2n) is 6.88. The summed E-state index contributed by atoms with van der Waals surface area (Å²) < 4.78 is 0. The molecule has 5 nitrogen and oxygen atoms in total. The van der Waals surface area contributed by atoms with Crippen molar-refractivity contribution in [2.45, 2.75) is 19.4 Å². The molecule has 0 atom stereocenters. The number of benzene rings is 2. The molecular formula is C23H20ClN3O2. The summed E-state index contributed by atoms with van der Waals surface area (Å²) in [6.07, 6.45) is 3.16. The van der Waals surface area contributed by atoms with Crippen LogP contribution in [0.25, 0.3) is 0 Å². The van der Waals surface area contributed by atoms with Gasteiger partial charge in [0, 0.05) is 41.1 Å². The van der Waals surface area contributed by atoms with E-state index in [-0.39, 0.29) is 11.8 Å². The van der Waals surface area contributed by atoms with Crippen LogP contribution in [0.1, 0.15) is 28.9 Å². The van der Waals surface area contributed by atoms with Crippen LogP contribution in [0.2, 0.25) is 5.02 Å². The molecular weight excluding hydrogens is 386 g/mol. The maximum absolute atomic E-state index is 13.3. The Labute approximate surface area is 174 Å². The van der Waals surface area contributed by atoms with Crippen LogP contribution in [0.5, 0.6) is 0 Å². The number of anilines is 2. The second-order valence-corrected chi connectivity index (χ2v) is 7.32. The van der Waals surface area contributed by atoms with Crippen molar-refractivity contribution >= 4 is 34.8 Å². The third-order valence-electron chi connectivity index (χ3n) is 4.93. The Morgan fingerprint density at radius 1 is 1.03 bits per heavy atom. The van der Waals surface area contributed by atoms with E-state index < -0.39 is 0 Å². The van der Waals surface area contributed by atoms with E-state index in [9.17, 15) is 9.59 Å². The Balaban J connectivity index is 1.62. The maximum Gasteiger partial charge on any atom is 0.258 e. The highest BCUT2D eigenvalue weighted by Gasteiger charge is 2.23. The Morgan fingerprint density at radius 2 is 1.79 bits per heavy atom. The zero-order chi connectivity index (χ0) is 20.2. The number of carbonyl (C=O) groups is 2. The van der Waals surface area contributed by atoms with Gasteiger partial charge in [0.1, 0.15) is 0 Å². The standard InChI is InChI=1S/C23H20ClN3O2/c24-18-8-12-21(13-9-18)27(16-19-4-1-2-14-25-19)23(29)17-6-10-20(11-7-17)26-15-3-5-22(26)28/h1-2,4,6-14H,3,5,15-16H2. The number of halogens is 1. The first-order chi connectivity index (χ1) is 14.1. The maximum atomic E-state index is 13.3. The minimum Gasteiger partial charge on any atom is -0.312 e. The summed E-state index contributed by atoms with van der Waals surface area (Å²) in [6, 6.07) is 20.0. The molecule has 0 bridgehead atoms. The van der Waals surface area contributed by atoms with E-state index in [4.69, 9.17) is 11.6 Å². The Kier molecular flexibility index (Phi) is 5.58. The molecule has 1 aliphatic rings. The molecule has 1 aliphatic heterocycles. The molecule has 0 saturated carbocycles. The molecule has 0 aliphatic carbocycles. The number of nitrogens with zero attached hydrogens (tertiary/aromatic N) is 3. The molecule has 29 heavy (non-hydrogen) atoms. The Bertz CT molecular complexity index is 1000. The highest BCUT2D eigenvalue weighted by Crippen LogP contribution is 2.25. The van der Waals surface area contributed by atoms with Crippen LogP contribution in [0.15, 0.2) is 72.9 Å². The van der Waals surface area contributed by atoms with Crippen molar-refractivity contribution < 1.29 is 9.59 Å². The third-order valence-corrected chi connectivity index (χ3v) is 5.18. The van der Waals surface area contributed by atoms with Crippen molar-refractivity contribution in [3.05, 3.63) is 89.2 Å². The van der Waals surface area contributed by atoms with Gasteiger partial charge in [-0.3, -0.25) is 14.6 Å². The highest BCUT2D eigenvalue weighted by atomic mass is 35.5. The number of aromatic nitrogens is 1. The molecule has 0 spiro atoms. The molecule has 0 radical (unpaired) electrons. The average molecular weight is 406 g/mol. The summed E-state index contributed by atoms with van der Waals surface area (Å²) in [5, 5.41) is 0.610. The normalized spacial score (nSPS) is 13.6. The quantitative estimate of drug-likeness (QED) is 0.617. The molecule has 6 heteroatoms. The number of hydrogen-bond donors (Lipinski definition) is 0. The van der Waals surface area contributed by atoms with E-state index in [0.29, 0.717) is 23.6 Å². The fourth-order valence-electron chi connectivity index (χ4n) is 3.42. The lowest BCUT2D eigenvalue weighted by Gasteiger charge is -2.23. The summed E-state index contributed by atoms with van der Waals surface area (Å²) in [5.74, 6) is -0.0145. The molecule has 1 fully saturated rings. The summed E-state index contributed by atoms with van der Waals surface area (Å²) >= 11 is 6.02. The van der Waals surface area contributed by atoms with Gasteiger partial charge < -0.3 is 9.80 Å². The molecule has 4 rings (SSSR count). The number of pyridine rings is 1. The first-order valence-corrected chi connectivity index (χ1v) is 9.87. The van der Waals surface area contributed by atoms with Crippen molar-refractivity contribution in [1.82, 2.24) is 4.98 Å². The van der Waals surface area contributed by atoms with Crippen molar-refractivity contribution in [3.63, 3.8) is 0 Å². The van der Waals surface area contributed by atoms with Crippen molar-refractivity contribution in [3.8, 4) is 0 Å². The molecule has 2 aromatic carbocycles. The first kappa shape index (κ1) is 19.2. The summed E-state index contributed by atoms with van der Waals surface area (Å²) in [6.45, 7) is 1.07. The van der Waals surface area contributed by atoms with Gasteiger partial charge >= 0.3 is 0 Å². The number of hydrogen-bond acceptors (Lipinski definition) is 3. The predicted molar refractivity (Wildman–Crippen MR) is 114 cm³/mol. The molecule has 2 heterocycles. The van der Waals surface area contributed by atoms with Crippen LogP contribution in [0.4, 0.5) is 11.4 Å². The predicted octanol–water partition coefficient (Wildman–Crippen LogP) is 4.71. The monoisotopic (exact) mass is 405 g/mol. The van der Waals surface area contributed by atoms with Gasteiger partial charge in [-0.1, -0.05) is 17.7 Å². The topological polar surface area (TPSA) is 53.5 Å². The lowest BCUT2D eigenvalue weighted by atomic mass is 10.1. The van der Waals surface area contributed by atoms with Crippen LogP contribution in [-0.2, 0) is 11.3 Å². The fourth-order valence-corrected chi connectivity index (χ4v) is 3.54. The number of amides is 2. The van der Waals surface area contributed by atoms with E-state index in [0.717, 1.165) is 30.0 Å². The Hall–Kier alpha value is -3.18. The van der Waals surface area contributed by atoms with E-state index in [1.807, 2.05) is 42.5 Å². The average Bonchev–Trinajstić information content (AvgIpc) is 3.19. The van der Waals surface area contributed by atoms with Gasteiger partial charge in [0.05, 0.1) is 12.2 Å². The SMILES string of the molecule is O=C1CCCN1c1ccc(C(=O)N(Cc2ccccn2)c2ccc(Cl)cc2)cc1. The van der Waals surface area contributed by atoms with Crippen molar-refractivity contribution in [1.29, 1.82) is 0 Å². The molecule has 0 N–H and O–H groups in total. The van der Waals surface area contributed by atoms with Gasteiger partial charge in [-0.2, -0.15) is 0 Å². The van der Waals surface area contributed by atoms with Gasteiger partial charge in [-0.05, 0) is 67.1 Å². The van der Waals surface area contributed by atoms with Crippen molar-refractivity contribution in [2.24, 2.45) is 0 Å². The fraction of sp³-hybridized carbons (Fsp3) is 0.174. The molecule has 0 unspecified atom stereocenters. The molecule has 146 valence electrons. The largest absolute Gasteiger partial charge is 0.312 e. The van der Waals surface area contributed by atoms with Crippen LogP contribution in [0, 0.1) is 0 Å². The molecule has 3 aromatic rings. The summed E-state index contributed by atoms with van der Waals surface area (Å²) in [4.78, 5) is 33.1. The van der Waals surface area contributed by atoms with Crippen LogP contribution in [-0.4, -0.2) is 23.3 Å². The second kappa shape index (κ2) is 8.45. The lowest BCUT2D eigenvalue weighted by Crippen LogP contribution is -2.31. The van der Waals surface area contributed by atoms with Gasteiger partial charge in [-0.15, -0.1) is 0 Å².